The number of hydrogen-bond acceptors (Lipinski definition) is 6. The summed E-state index contributed by atoms with van der Waals surface area (Å²) in [5, 5.41) is 3.73. The van der Waals surface area contributed by atoms with E-state index in [1.54, 1.807) is 0 Å². The van der Waals surface area contributed by atoms with Gasteiger partial charge < -0.3 is 25.3 Å². The van der Waals surface area contributed by atoms with Crippen LogP contribution in [0, 0.1) is 0 Å². The topological polar surface area (TPSA) is 98.3 Å². The molecule has 0 atom stereocenters. The zero-order valence-corrected chi connectivity index (χ0v) is 19.6. The van der Waals surface area contributed by atoms with E-state index >= 15 is 0 Å². The highest BCUT2D eigenvalue weighted by Gasteiger charge is 2.17. The lowest BCUT2D eigenvalue weighted by atomic mass is 10.1. The van der Waals surface area contributed by atoms with Crippen LogP contribution in [0.25, 0.3) is 22.2 Å². The number of rotatable bonds is 10. The highest BCUT2D eigenvalue weighted by atomic mass is 16.5. The fourth-order valence-corrected chi connectivity index (χ4v) is 3.92. The van der Waals surface area contributed by atoms with Crippen molar-refractivity contribution >= 4 is 22.8 Å². The van der Waals surface area contributed by atoms with Crippen LogP contribution in [0.15, 0.2) is 67.1 Å². The van der Waals surface area contributed by atoms with E-state index in [0.29, 0.717) is 18.0 Å². The monoisotopic (exact) mass is 458 g/mol. The summed E-state index contributed by atoms with van der Waals surface area (Å²) in [6.45, 7) is 7.73. The van der Waals surface area contributed by atoms with Gasteiger partial charge in [0.05, 0.1) is 5.39 Å². The predicted octanol–water partition coefficient (Wildman–Crippen LogP) is 3.93. The number of amides is 1. The largest absolute Gasteiger partial charge is 0.457 e. The summed E-state index contributed by atoms with van der Waals surface area (Å²) in [5.41, 5.74) is 8.66. The lowest BCUT2D eigenvalue weighted by Gasteiger charge is -2.18. The maximum Gasteiger partial charge on any atom is 0.240 e. The molecule has 0 aliphatic heterocycles. The molecule has 4 aromatic rings. The lowest BCUT2D eigenvalue weighted by Crippen LogP contribution is -2.36. The van der Waals surface area contributed by atoms with E-state index in [1.807, 2.05) is 65.4 Å². The van der Waals surface area contributed by atoms with Crippen LogP contribution < -0.4 is 15.8 Å². The summed E-state index contributed by atoms with van der Waals surface area (Å²) in [6.07, 6.45) is 3.33. The number of nitrogens with zero attached hydrogens (tertiary/aromatic N) is 4. The second kappa shape index (κ2) is 10.8. The molecule has 2 aromatic heterocycles. The number of aromatic nitrogens is 3. The van der Waals surface area contributed by atoms with Crippen molar-refractivity contribution in [3.05, 3.63) is 67.1 Å². The minimum absolute atomic E-state index is 0.0700. The third-order valence-electron chi connectivity index (χ3n) is 5.79. The van der Waals surface area contributed by atoms with E-state index in [0.717, 1.165) is 47.6 Å². The second-order valence-electron chi connectivity index (χ2n) is 7.94. The second-order valence-corrected chi connectivity index (χ2v) is 7.94. The van der Waals surface area contributed by atoms with E-state index in [4.69, 9.17) is 10.5 Å². The highest BCUT2D eigenvalue weighted by Crippen LogP contribution is 2.34. The summed E-state index contributed by atoms with van der Waals surface area (Å²) in [7, 11) is 0. The third kappa shape index (κ3) is 5.35. The van der Waals surface area contributed by atoms with E-state index < -0.39 is 0 Å². The lowest BCUT2D eigenvalue weighted by molar-refractivity contribution is -0.121. The molecule has 0 aliphatic carbocycles. The Bertz CT molecular complexity index is 1230. The van der Waals surface area contributed by atoms with Gasteiger partial charge in [0.1, 0.15) is 35.8 Å². The van der Waals surface area contributed by atoms with Gasteiger partial charge in [-0.1, -0.05) is 44.2 Å². The van der Waals surface area contributed by atoms with Crippen molar-refractivity contribution in [3.8, 4) is 22.6 Å². The molecule has 34 heavy (non-hydrogen) atoms. The van der Waals surface area contributed by atoms with Gasteiger partial charge >= 0.3 is 0 Å². The molecule has 0 radical (unpaired) electrons. The molecule has 176 valence electrons. The molecule has 0 saturated heterocycles. The number of nitrogen functional groups attached to an aromatic ring is 1. The zero-order valence-electron chi connectivity index (χ0n) is 19.6. The predicted molar refractivity (Wildman–Crippen MR) is 135 cm³/mol. The van der Waals surface area contributed by atoms with Crippen molar-refractivity contribution < 1.29 is 9.53 Å². The normalized spacial score (nSPS) is 11.1. The number of carbonyl (C=O) groups excluding carboxylic acids is 1. The van der Waals surface area contributed by atoms with Crippen LogP contribution in [0.3, 0.4) is 0 Å². The maximum absolute atomic E-state index is 12.6. The van der Waals surface area contributed by atoms with Gasteiger partial charge in [-0.2, -0.15) is 0 Å². The molecule has 0 spiro atoms. The summed E-state index contributed by atoms with van der Waals surface area (Å²) in [4.78, 5) is 23.5. The molecule has 8 nitrogen and oxygen atoms in total. The van der Waals surface area contributed by atoms with Crippen LogP contribution in [-0.2, 0) is 11.3 Å². The first kappa shape index (κ1) is 23.3. The van der Waals surface area contributed by atoms with Gasteiger partial charge in [0.2, 0.25) is 5.91 Å². The van der Waals surface area contributed by atoms with E-state index in [9.17, 15) is 4.79 Å². The number of benzene rings is 2. The van der Waals surface area contributed by atoms with Gasteiger partial charge in [0, 0.05) is 24.8 Å². The Morgan fingerprint density at radius 3 is 2.44 bits per heavy atom. The molecule has 0 bridgehead atoms. The van der Waals surface area contributed by atoms with Crippen molar-refractivity contribution in [2.24, 2.45) is 0 Å². The number of para-hydroxylation sites is 1. The smallest absolute Gasteiger partial charge is 0.240 e. The first-order chi connectivity index (χ1) is 16.6. The summed E-state index contributed by atoms with van der Waals surface area (Å²) in [6, 6.07) is 17.4. The number of hydrogen-bond donors (Lipinski definition) is 2. The van der Waals surface area contributed by atoms with Gasteiger partial charge in [-0.15, -0.1) is 0 Å². The highest BCUT2D eigenvalue weighted by molar-refractivity contribution is 6.01. The molecule has 0 unspecified atom stereocenters. The molecule has 1 amide bonds. The van der Waals surface area contributed by atoms with E-state index in [2.05, 4.69) is 34.0 Å². The summed E-state index contributed by atoms with van der Waals surface area (Å²) < 4.78 is 7.72. The number of fused-ring (bicyclic) bond motifs is 1. The molecule has 8 heteroatoms. The van der Waals surface area contributed by atoms with Crippen molar-refractivity contribution in [3.63, 3.8) is 0 Å². The quantitative estimate of drug-likeness (QED) is 0.374. The van der Waals surface area contributed by atoms with Crippen molar-refractivity contribution in [2.75, 3.05) is 31.9 Å². The third-order valence-corrected chi connectivity index (χ3v) is 5.79. The Balaban J connectivity index is 1.54. The molecular formula is C26H30N6O2. The number of nitrogens with two attached hydrogens (primary N) is 1. The number of carbonyl (C=O) groups is 1. The molecule has 4 rings (SSSR count). The number of anilines is 1. The SMILES string of the molecule is CCN(CC)CCNC(=O)Cn1cc(-c2ccc(Oc3ccccc3)cc2)c2c(N)ncnc21. The van der Waals surface area contributed by atoms with Crippen LogP contribution in [0.4, 0.5) is 5.82 Å². The zero-order chi connectivity index (χ0) is 23.9. The summed E-state index contributed by atoms with van der Waals surface area (Å²) >= 11 is 0. The van der Waals surface area contributed by atoms with Crippen LogP contribution in [0.1, 0.15) is 13.8 Å². The molecule has 2 heterocycles. The fourth-order valence-electron chi connectivity index (χ4n) is 3.92. The first-order valence-electron chi connectivity index (χ1n) is 11.5. The van der Waals surface area contributed by atoms with Crippen molar-refractivity contribution in [2.45, 2.75) is 20.4 Å². The maximum atomic E-state index is 12.6. The number of nitrogens with one attached hydrogen (secondary N) is 1. The Labute approximate surface area is 199 Å². The number of ether oxygens (including phenoxy) is 1. The summed E-state index contributed by atoms with van der Waals surface area (Å²) in [5.74, 6) is 1.82. The van der Waals surface area contributed by atoms with E-state index in [-0.39, 0.29) is 12.5 Å². The first-order valence-corrected chi connectivity index (χ1v) is 11.5. The van der Waals surface area contributed by atoms with Crippen LogP contribution >= 0.6 is 0 Å². The number of likely N-dealkylation sites (N-methyl/N-ethyl adjacent to an activating group) is 1. The van der Waals surface area contributed by atoms with Crippen molar-refractivity contribution in [1.82, 2.24) is 24.8 Å². The van der Waals surface area contributed by atoms with E-state index in [1.165, 1.54) is 6.33 Å². The average Bonchev–Trinajstić information content (AvgIpc) is 3.22. The Hall–Kier alpha value is -3.91. The van der Waals surface area contributed by atoms with Gasteiger partial charge in [-0.3, -0.25) is 4.79 Å². The Kier molecular flexibility index (Phi) is 7.39. The molecule has 0 aliphatic rings. The molecule has 3 N–H and O–H groups in total. The molecule has 2 aromatic carbocycles. The molecule has 0 saturated carbocycles. The molecular weight excluding hydrogens is 428 g/mol. The minimum atomic E-state index is -0.0700. The van der Waals surface area contributed by atoms with Crippen molar-refractivity contribution in [1.29, 1.82) is 0 Å². The average molecular weight is 459 g/mol. The van der Waals surface area contributed by atoms with Crippen LogP contribution in [0.5, 0.6) is 11.5 Å². The standard InChI is InChI=1S/C26H30N6O2/c1-3-31(4-2)15-14-28-23(33)17-32-16-22(24-25(27)29-18-30-26(24)32)19-10-12-21(13-11-19)34-20-8-6-5-7-9-20/h5-13,16,18H,3-4,14-15,17H2,1-2H3,(H,28,33)(H2,27,29,30). The molecule has 0 fully saturated rings. The minimum Gasteiger partial charge on any atom is -0.457 e. The fraction of sp³-hybridized carbons (Fsp3) is 0.269. The Morgan fingerprint density at radius 1 is 1.03 bits per heavy atom. The van der Waals surface area contributed by atoms with Gasteiger partial charge in [0.15, 0.2) is 0 Å². The van der Waals surface area contributed by atoms with Gasteiger partial charge in [-0.25, -0.2) is 9.97 Å². The Morgan fingerprint density at radius 2 is 1.74 bits per heavy atom. The van der Waals surface area contributed by atoms with Crippen LogP contribution in [-0.4, -0.2) is 51.5 Å². The van der Waals surface area contributed by atoms with Crippen LogP contribution in [0.2, 0.25) is 0 Å². The van der Waals surface area contributed by atoms with Gasteiger partial charge in [0.25, 0.3) is 0 Å². The van der Waals surface area contributed by atoms with Gasteiger partial charge in [-0.05, 0) is 42.9 Å².